The summed E-state index contributed by atoms with van der Waals surface area (Å²) in [6.45, 7) is 1.36. The number of rotatable bonds is 8. The lowest BCUT2D eigenvalue weighted by atomic mass is 10.0. The van der Waals surface area contributed by atoms with Crippen molar-refractivity contribution in [3.63, 3.8) is 0 Å². The number of aromatic nitrogens is 4. The van der Waals surface area contributed by atoms with Gasteiger partial charge in [-0.3, -0.25) is 0 Å². The number of hydrogen-bond donors (Lipinski definition) is 4. The lowest BCUT2D eigenvalue weighted by molar-refractivity contribution is 0.105. The Balaban J connectivity index is 1.49. The average molecular weight is 401 g/mol. The standard InChI is InChI=1S/C22H23N7O/c23-21-20(16-6-8-17(9-7-16)27-12-19-25-10-11-26-19)18(28-22(24)29-21)14-30-13-15-4-2-1-3-5-15/h1-11,27H,12-14H2,(H,25,26)(H4,23,24,28,29). The molecule has 0 aliphatic rings. The monoisotopic (exact) mass is 401 g/mol. The first-order chi connectivity index (χ1) is 14.7. The summed E-state index contributed by atoms with van der Waals surface area (Å²) < 4.78 is 5.86. The zero-order chi connectivity index (χ0) is 20.8. The molecule has 4 aromatic rings. The maximum atomic E-state index is 6.18. The van der Waals surface area contributed by atoms with E-state index in [9.17, 15) is 0 Å². The van der Waals surface area contributed by atoms with Crippen molar-refractivity contribution in [2.45, 2.75) is 19.8 Å². The number of hydrogen-bond acceptors (Lipinski definition) is 7. The fourth-order valence-corrected chi connectivity index (χ4v) is 3.14. The van der Waals surface area contributed by atoms with Crippen LogP contribution in [-0.4, -0.2) is 19.9 Å². The highest BCUT2D eigenvalue weighted by atomic mass is 16.5. The molecule has 2 aromatic heterocycles. The van der Waals surface area contributed by atoms with Gasteiger partial charge in [-0.05, 0) is 23.3 Å². The number of ether oxygens (including phenoxy) is 1. The third-order valence-electron chi connectivity index (χ3n) is 4.57. The number of benzene rings is 2. The van der Waals surface area contributed by atoms with Gasteiger partial charge in [0.1, 0.15) is 11.6 Å². The van der Waals surface area contributed by atoms with Crippen LogP contribution >= 0.6 is 0 Å². The van der Waals surface area contributed by atoms with Gasteiger partial charge in [-0.2, -0.15) is 4.98 Å². The van der Waals surface area contributed by atoms with Crippen molar-refractivity contribution in [3.05, 3.63) is 84.1 Å². The van der Waals surface area contributed by atoms with Gasteiger partial charge in [0.15, 0.2) is 0 Å². The van der Waals surface area contributed by atoms with Gasteiger partial charge in [0.25, 0.3) is 0 Å². The number of H-pyrrole nitrogens is 1. The number of aromatic amines is 1. The number of imidazole rings is 1. The van der Waals surface area contributed by atoms with Gasteiger partial charge in [0, 0.05) is 23.6 Å². The molecule has 0 radical (unpaired) electrons. The number of nitrogens with zero attached hydrogens (tertiary/aromatic N) is 3. The van der Waals surface area contributed by atoms with Gasteiger partial charge in [-0.1, -0.05) is 42.5 Å². The Bertz CT molecular complexity index is 1080. The van der Waals surface area contributed by atoms with Crippen LogP contribution in [0, 0.1) is 0 Å². The molecular weight excluding hydrogens is 378 g/mol. The van der Waals surface area contributed by atoms with Crippen LogP contribution in [0.4, 0.5) is 17.5 Å². The molecule has 0 unspecified atom stereocenters. The number of nitrogens with two attached hydrogens (primary N) is 2. The zero-order valence-electron chi connectivity index (χ0n) is 16.4. The smallest absolute Gasteiger partial charge is 0.222 e. The number of nitrogen functional groups attached to an aromatic ring is 2. The van der Waals surface area contributed by atoms with E-state index in [1.54, 1.807) is 12.4 Å². The van der Waals surface area contributed by atoms with E-state index in [1.807, 2.05) is 54.6 Å². The first-order valence-electron chi connectivity index (χ1n) is 9.55. The molecule has 6 N–H and O–H groups in total. The largest absolute Gasteiger partial charge is 0.383 e. The normalized spacial score (nSPS) is 10.8. The highest BCUT2D eigenvalue weighted by Crippen LogP contribution is 2.30. The van der Waals surface area contributed by atoms with Crippen LogP contribution in [0.25, 0.3) is 11.1 Å². The van der Waals surface area contributed by atoms with E-state index in [-0.39, 0.29) is 12.6 Å². The molecule has 0 aliphatic heterocycles. The highest BCUT2D eigenvalue weighted by Gasteiger charge is 2.14. The van der Waals surface area contributed by atoms with Crippen molar-refractivity contribution >= 4 is 17.5 Å². The second kappa shape index (κ2) is 9.06. The van der Waals surface area contributed by atoms with Crippen molar-refractivity contribution in [3.8, 4) is 11.1 Å². The zero-order valence-corrected chi connectivity index (χ0v) is 16.4. The van der Waals surface area contributed by atoms with Gasteiger partial charge in [-0.15, -0.1) is 0 Å². The third kappa shape index (κ3) is 4.73. The molecule has 152 valence electrons. The Kier molecular flexibility index (Phi) is 5.86. The maximum Gasteiger partial charge on any atom is 0.222 e. The summed E-state index contributed by atoms with van der Waals surface area (Å²) >= 11 is 0. The molecule has 0 atom stereocenters. The van der Waals surface area contributed by atoms with E-state index >= 15 is 0 Å². The molecule has 0 saturated carbocycles. The fourth-order valence-electron chi connectivity index (χ4n) is 3.14. The second-order valence-corrected chi connectivity index (χ2v) is 6.73. The SMILES string of the molecule is Nc1nc(N)c(-c2ccc(NCc3ncc[nH]3)cc2)c(COCc2ccccc2)n1. The molecule has 0 aliphatic carbocycles. The summed E-state index contributed by atoms with van der Waals surface area (Å²) in [6, 6.07) is 17.8. The van der Waals surface area contributed by atoms with Crippen LogP contribution < -0.4 is 16.8 Å². The molecule has 0 saturated heterocycles. The van der Waals surface area contributed by atoms with Crippen molar-refractivity contribution in [1.29, 1.82) is 0 Å². The molecule has 2 aromatic carbocycles. The Labute approximate surface area is 174 Å². The quantitative estimate of drug-likeness (QED) is 0.356. The third-order valence-corrected chi connectivity index (χ3v) is 4.57. The molecule has 8 nitrogen and oxygen atoms in total. The minimum Gasteiger partial charge on any atom is -0.383 e. The van der Waals surface area contributed by atoms with Crippen LogP contribution in [0.3, 0.4) is 0 Å². The molecule has 0 spiro atoms. The maximum absolute atomic E-state index is 6.18. The highest BCUT2D eigenvalue weighted by molar-refractivity contribution is 5.77. The summed E-state index contributed by atoms with van der Waals surface area (Å²) in [6.07, 6.45) is 3.52. The molecule has 30 heavy (non-hydrogen) atoms. The minimum absolute atomic E-state index is 0.131. The lowest BCUT2D eigenvalue weighted by Gasteiger charge is -2.13. The van der Waals surface area contributed by atoms with E-state index in [0.29, 0.717) is 24.7 Å². The lowest BCUT2D eigenvalue weighted by Crippen LogP contribution is -2.08. The van der Waals surface area contributed by atoms with E-state index in [0.717, 1.165) is 28.2 Å². The molecule has 0 fully saturated rings. The second-order valence-electron chi connectivity index (χ2n) is 6.73. The van der Waals surface area contributed by atoms with E-state index in [1.165, 1.54) is 0 Å². The van der Waals surface area contributed by atoms with Gasteiger partial charge in [0.05, 0.1) is 25.5 Å². The summed E-state index contributed by atoms with van der Waals surface area (Å²) in [5, 5.41) is 3.32. The van der Waals surface area contributed by atoms with Crippen LogP contribution in [0.5, 0.6) is 0 Å². The molecule has 4 rings (SSSR count). The predicted molar refractivity (Wildman–Crippen MR) is 117 cm³/mol. The first-order valence-corrected chi connectivity index (χ1v) is 9.55. The van der Waals surface area contributed by atoms with Crippen molar-refractivity contribution in [2.24, 2.45) is 0 Å². The van der Waals surface area contributed by atoms with Crippen LogP contribution in [0.1, 0.15) is 17.1 Å². The molecule has 0 bridgehead atoms. The van der Waals surface area contributed by atoms with Crippen LogP contribution in [-0.2, 0) is 24.5 Å². The summed E-state index contributed by atoms with van der Waals surface area (Å²) in [5.74, 6) is 1.33. The molecule has 2 heterocycles. The Morgan fingerprint density at radius 2 is 1.73 bits per heavy atom. The van der Waals surface area contributed by atoms with Crippen LogP contribution in [0.15, 0.2) is 67.0 Å². The van der Waals surface area contributed by atoms with Crippen LogP contribution in [0.2, 0.25) is 0 Å². The van der Waals surface area contributed by atoms with Crippen molar-refractivity contribution in [1.82, 2.24) is 19.9 Å². The Hall–Kier alpha value is -3.91. The average Bonchev–Trinajstić information content (AvgIpc) is 3.27. The summed E-state index contributed by atoms with van der Waals surface area (Å²) in [4.78, 5) is 15.8. The number of nitrogens with one attached hydrogen (secondary N) is 2. The first kappa shape index (κ1) is 19.4. The Morgan fingerprint density at radius 3 is 2.47 bits per heavy atom. The van der Waals surface area contributed by atoms with Crippen molar-refractivity contribution in [2.75, 3.05) is 16.8 Å². The minimum atomic E-state index is 0.131. The molecule has 8 heteroatoms. The fraction of sp³-hybridized carbons (Fsp3) is 0.136. The van der Waals surface area contributed by atoms with E-state index < -0.39 is 0 Å². The van der Waals surface area contributed by atoms with Crippen molar-refractivity contribution < 1.29 is 4.74 Å². The van der Waals surface area contributed by atoms with E-state index in [2.05, 4.69) is 25.3 Å². The summed E-state index contributed by atoms with van der Waals surface area (Å²) in [7, 11) is 0. The Morgan fingerprint density at radius 1 is 0.933 bits per heavy atom. The number of anilines is 3. The topological polar surface area (TPSA) is 128 Å². The van der Waals surface area contributed by atoms with Gasteiger partial charge in [0.2, 0.25) is 5.95 Å². The molecule has 0 amide bonds. The summed E-state index contributed by atoms with van der Waals surface area (Å²) in [5.41, 5.74) is 16.3. The van der Waals surface area contributed by atoms with Gasteiger partial charge in [-0.25, -0.2) is 9.97 Å². The van der Waals surface area contributed by atoms with E-state index in [4.69, 9.17) is 16.2 Å². The molecular formula is C22H23N7O. The van der Waals surface area contributed by atoms with Gasteiger partial charge >= 0.3 is 0 Å². The van der Waals surface area contributed by atoms with Gasteiger partial charge < -0.3 is 26.5 Å². The predicted octanol–water partition coefficient (Wildman–Crippen LogP) is 3.36.